The highest BCUT2D eigenvalue weighted by Crippen LogP contribution is 2.24. The third-order valence-corrected chi connectivity index (χ3v) is 5.26. The lowest BCUT2D eigenvalue weighted by Crippen LogP contribution is -2.49. The van der Waals surface area contributed by atoms with Crippen LogP contribution in [0.5, 0.6) is 0 Å². The van der Waals surface area contributed by atoms with E-state index in [2.05, 4.69) is 43.6 Å². The number of hydrogen-bond acceptors (Lipinski definition) is 9. The van der Waals surface area contributed by atoms with Crippen LogP contribution >= 0.6 is 24.0 Å². The molecule has 1 aromatic carbocycles. The molecule has 4 N–H and O–H groups in total. The quantitative estimate of drug-likeness (QED) is 0.279. The highest BCUT2D eigenvalue weighted by atomic mass is 32.1. The SMILES string of the molecule is COCC(=O)NCCC(=O)NC(CS)C(=O)NCC(=O)Nc1ccc2nc(C#N)sc2c1. The molecule has 0 aliphatic carbocycles. The number of nitriles is 1. The van der Waals surface area contributed by atoms with Gasteiger partial charge in [-0.1, -0.05) is 0 Å². The largest absolute Gasteiger partial charge is 0.375 e. The van der Waals surface area contributed by atoms with E-state index in [0.29, 0.717) is 16.2 Å². The van der Waals surface area contributed by atoms with Gasteiger partial charge in [0.15, 0.2) is 5.01 Å². The van der Waals surface area contributed by atoms with E-state index in [0.717, 1.165) is 4.70 Å². The Hall–Kier alpha value is -3.21. The third-order valence-electron chi connectivity index (χ3n) is 3.97. The first-order valence-corrected chi connectivity index (χ1v) is 10.8. The van der Waals surface area contributed by atoms with Gasteiger partial charge < -0.3 is 26.0 Å². The number of carbonyl (C=O) groups is 4. The third kappa shape index (κ3) is 7.80. The predicted molar refractivity (Wildman–Crippen MR) is 121 cm³/mol. The van der Waals surface area contributed by atoms with Gasteiger partial charge in [-0.15, -0.1) is 11.3 Å². The first-order valence-electron chi connectivity index (χ1n) is 9.40. The van der Waals surface area contributed by atoms with Crippen molar-refractivity contribution in [2.75, 3.05) is 37.9 Å². The van der Waals surface area contributed by atoms with Crippen LogP contribution in [0.25, 0.3) is 10.2 Å². The normalized spacial score (nSPS) is 11.3. The Labute approximate surface area is 193 Å². The van der Waals surface area contributed by atoms with Gasteiger partial charge in [0.25, 0.3) is 0 Å². The minimum Gasteiger partial charge on any atom is -0.375 e. The van der Waals surface area contributed by atoms with E-state index in [4.69, 9.17) is 5.26 Å². The number of thiol groups is 1. The fraction of sp³-hybridized carbons (Fsp3) is 0.368. The number of hydrogen-bond donors (Lipinski definition) is 5. The van der Waals surface area contributed by atoms with Crippen molar-refractivity contribution >= 4 is 63.5 Å². The zero-order valence-corrected chi connectivity index (χ0v) is 18.8. The Balaban J connectivity index is 1.78. The van der Waals surface area contributed by atoms with Crippen LogP contribution in [-0.4, -0.2) is 67.2 Å². The van der Waals surface area contributed by atoms with Crippen molar-refractivity contribution in [3.8, 4) is 6.07 Å². The lowest BCUT2D eigenvalue weighted by Gasteiger charge is -2.16. The second-order valence-electron chi connectivity index (χ2n) is 6.41. The van der Waals surface area contributed by atoms with Crippen LogP contribution in [-0.2, 0) is 23.9 Å². The number of amides is 4. The summed E-state index contributed by atoms with van der Waals surface area (Å²) < 4.78 is 5.41. The summed E-state index contributed by atoms with van der Waals surface area (Å²) in [4.78, 5) is 51.8. The fourth-order valence-electron chi connectivity index (χ4n) is 2.50. The van der Waals surface area contributed by atoms with Crippen LogP contribution in [0.2, 0.25) is 0 Å². The number of benzene rings is 1. The Morgan fingerprint density at radius 3 is 2.69 bits per heavy atom. The van der Waals surface area contributed by atoms with Gasteiger partial charge in [0.2, 0.25) is 23.6 Å². The van der Waals surface area contributed by atoms with Gasteiger partial charge in [0.05, 0.1) is 16.8 Å². The molecule has 11 nitrogen and oxygen atoms in total. The fourth-order valence-corrected chi connectivity index (χ4v) is 3.56. The molecule has 1 heterocycles. The van der Waals surface area contributed by atoms with Gasteiger partial charge in [0.1, 0.15) is 18.7 Å². The highest BCUT2D eigenvalue weighted by Gasteiger charge is 2.20. The molecule has 0 saturated heterocycles. The van der Waals surface area contributed by atoms with Crippen molar-refractivity contribution in [2.24, 2.45) is 0 Å². The number of aromatic nitrogens is 1. The van der Waals surface area contributed by atoms with E-state index in [9.17, 15) is 19.2 Å². The van der Waals surface area contributed by atoms with Gasteiger partial charge >= 0.3 is 0 Å². The van der Waals surface area contributed by atoms with Gasteiger partial charge in [-0.25, -0.2) is 4.98 Å². The zero-order chi connectivity index (χ0) is 23.5. The number of carbonyl (C=O) groups excluding carboxylic acids is 4. The number of ether oxygens (including phenoxy) is 1. The molecule has 1 aromatic heterocycles. The van der Waals surface area contributed by atoms with Gasteiger partial charge in [-0.05, 0) is 18.2 Å². The van der Waals surface area contributed by atoms with Crippen LogP contribution in [0.3, 0.4) is 0 Å². The summed E-state index contributed by atoms with van der Waals surface area (Å²) in [6, 6.07) is 6.05. The molecule has 13 heteroatoms. The van der Waals surface area contributed by atoms with Crippen molar-refractivity contribution in [3.05, 3.63) is 23.2 Å². The smallest absolute Gasteiger partial charge is 0.245 e. The molecule has 0 fully saturated rings. The molecule has 32 heavy (non-hydrogen) atoms. The topological polar surface area (TPSA) is 162 Å². The average Bonchev–Trinajstić information content (AvgIpc) is 3.18. The number of fused-ring (bicyclic) bond motifs is 1. The molecule has 0 spiro atoms. The molecule has 0 radical (unpaired) electrons. The zero-order valence-electron chi connectivity index (χ0n) is 17.1. The molecule has 0 aliphatic rings. The summed E-state index contributed by atoms with van der Waals surface area (Å²) in [7, 11) is 1.38. The summed E-state index contributed by atoms with van der Waals surface area (Å²) in [6.45, 7) is -0.322. The van der Waals surface area contributed by atoms with Crippen LogP contribution in [0.15, 0.2) is 18.2 Å². The lowest BCUT2D eigenvalue weighted by molar-refractivity contribution is -0.129. The van der Waals surface area contributed by atoms with Crippen molar-refractivity contribution in [3.63, 3.8) is 0 Å². The molecule has 1 unspecified atom stereocenters. The van der Waals surface area contributed by atoms with Gasteiger partial charge in [-0.2, -0.15) is 17.9 Å². The highest BCUT2D eigenvalue weighted by molar-refractivity contribution is 7.80. The van der Waals surface area contributed by atoms with E-state index < -0.39 is 23.8 Å². The maximum Gasteiger partial charge on any atom is 0.245 e. The molecule has 170 valence electrons. The maximum atomic E-state index is 12.3. The average molecular weight is 479 g/mol. The molecular formula is C19H22N6O5S2. The number of methoxy groups -OCH3 is 1. The van der Waals surface area contributed by atoms with E-state index in [-0.39, 0.29) is 37.8 Å². The summed E-state index contributed by atoms with van der Waals surface area (Å²) >= 11 is 5.27. The minimum atomic E-state index is -0.939. The standard InChI is InChI=1S/C19H22N6O5S2/c1-30-9-17(28)21-5-4-15(26)24-13(10-31)19(29)22-8-16(27)23-11-2-3-12-14(6-11)32-18(7-20)25-12/h2-3,6,13,31H,4-5,8-10H2,1H3,(H,21,28)(H,22,29)(H,23,27)(H,24,26). The lowest BCUT2D eigenvalue weighted by atomic mass is 10.2. The first kappa shape index (κ1) is 25.1. The van der Waals surface area contributed by atoms with Crippen molar-refractivity contribution in [1.29, 1.82) is 5.26 Å². The number of nitrogens with one attached hydrogen (secondary N) is 4. The molecule has 2 aromatic rings. The Bertz CT molecular complexity index is 1030. The molecule has 0 bridgehead atoms. The van der Waals surface area contributed by atoms with Crippen molar-refractivity contribution in [2.45, 2.75) is 12.5 Å². The summed E-state index contributed by atoms with van der Waals surface area (Å²) in [5, 5.41) is 19.3. The number of rotatable bonds is 11. The molecule has 4 amide bonds. The van der Waals surface area contributed by atoms with Crippen LogP contribution < -0.4 is 21.3 Å². The van der Waals surface area contributed by atoms with E-state index >= 15 is 0 Å². The van der Waals surface area contributed by atoms with Gasteiger partial charge in [-0.3, -0.25) is 19.2 Å². The Kier molecular flexibility index (Phi) is 9.86. The van der Waals surface area contributed by atoms with Crippen molar-refractivity contribution in [1.82, 2.24) is 20.9 Å². The summed E-state index contributed by atoms with van der Waals surface area (Å²) in [5.41, 5.74) is 1.16. The van der Waals surface area contributed by atoms with Crippen molar-refractivity contribution < 1.29 is 23.9 Å². The van der Waals surface area contributed by atoms with E-state index in [1.807, 2.05) is 6.07 Å². The predicted octanol–water partition coefficient (Wildman–Crippen LogP) is -0.210. The van der Waals surface area contributed by atoms with E-state index in [1.54, 1.807) is 18.2 Å². The van der Waals surface area contributed by atoms with Crippen LogP contribution in [0.4, 0.5) is 5.69 Å². The Morgan fingerprint density at radius 2 is 2.00 bits per heavy atom. The van der Waals surface area contributed by atoms with E-state index in [1.165, 1.54) is 18.4 Å². The number of thiazole rings is 1. The van der Waals surface area contributed by atoms with Crippen LogP contribution in [0.1, 0.15) is 11.4 Å². The summed E-state index contributed by atoms with van der Waals surface area (Å²) in [6.07, 6.45) is -0.0267. The monoisotopic (exact) mass is 478 g/mol. The molecule has 1 atom stereocenters. The molecule has 0 saturated carbocycles. The molecular weight excluding hydrogens is 456 g/mol. The van der Waals surface area contributed by atoms with Gasteiger partial charge in [0, 0.05) is 31.5 Å². The molecule has 2 rings (SSSR count). The number of nitrogens with zero attached hydrogens (tertiary/aromatic N) is 2. The first-order chi connectivity index (χ1) is 15.4. The summed E-state index contributed by atoms with van der Waals surface area (Å²) in [5.74, 6) is -1.81. The van der Waals surface area contributed by atoms with Crippen LogP contribution in [0, 0.1) is 11.3 Å². The Morgan fingerprint density at radius 1 is 1.22 bits per heavy atom. The molecule has 0 aliphatic heterocycles. The maximum absolute atomic E-state index is 12.3. The number of anilines is 1. The minimum absolute atomic E-state index is 0.0263. The second-order valence-corrected chi connectivity index (χ2v) is 7.81. The second kappa shape index (κ2) is 12.6.